The van der Waals surface area contributed by atoms with Gasteiger partial charge in [-0.1, -0.05) is 47.6 Å². The number of halogens is 1. The number of nitrogen functional groups attached to an aromatic ring is 1. The van der Waals surface area contributed by atoms with Crippen molar-refractivity contribution in [2.24, 2.45) is 5.10 Å². The molecule has 1 heterocycles. The zero-order valence-corrected chi connectivity index (χ0v) is 17.7. The van der Waals surface area contributed by atoms with E-state index in [1.807, 2.05) is 36.4 Å². The summed E-state index contributed by atoms with van der Waals surface area (Å²) in [6, 6.07) is 14.7. The largest absolute Gasteiger partial charge is 0.497 e. The Morgan fingerprint density at radius 2 is 2.10 bits per heavy atom. The minimum atomic E-state index is -0.146. The fourth-order valence-corrected chi connectivity index (χ4v) is 3.21. The van der Waals surface area contributed by atoms with Gasteiger partial charge in [0.25, 0.3) is 5.95 Å². The van der Waals surface area contributed by atoms with Crippen molar-refractivity contribution in [3.05, 3.63) is 64.7 Å². The first-order chi connectivity index (χ1) is 14.5. The molecule has 0 unspecified atom stereocenters. The number of benzene rings is 2. The lowest BCUT2D eigenvalue weighted by Crippen LogP contribution is -2.25. The number of hydrogen-bond donors (Lipinski definition) is 3. The van der Waals surface area contributed by atoms with Crippen molar-refractivity contribution < 1.29 is 9.53 Å². The molecule has 30 heavy (non-hydrogen) atoms. The lowest BCUT2D eigenvalue weighted by atomic mass is 10.2. The van der Waals surface area contributed by atoms with E-state index in [4.69, 9.17) is 22.2 Å². The second-order valence-electron chi connectivity index (χ2n) is 6.01. The molecule has 4 N–H and O–H groups in total. The molecule has 0 saturated carbocycles. The van der Waals surface area contributed by atoms with Gasteiger partial charge in [-0.2, -0.15) is 5.10 Å². The minimum Gasteiger partial charge on any atom is -0.497 e. The van der Waals surface area contributed by atoms with Crippen molar-refractivity contribution in [1.82, 2.24) is 20.2 Å². The maximum absolute atomic E-state index is 12.1. The van der Waals surface area contributed by atoms with E-state index in [9.17, 15) is 4.79 Å². The number of ether oxygens (including phenoxy) is 1. The Morgan fingerprint density at radius 3 is 2.83 bits per heavy atom. The number of nitrogens with two attached hydrogens (primary N) is 1. The zero-order valence-electron chi connectivity index (χ0n) is 16.1. The number of thioether (sulfide) groups is 1. The van der Waals surface area contributed by atoms with Crippen LogP contribution in [0, 0.1) is 0 Å². The van der Waals surface area contributed by atoms with Crippen LogP contribution in [0.3, 0.4) is 0 Å². The lowest BCUT2D eigenvalue weighted by molar-refractivity contribution is -0.118. The predicted molar refractivity (Wildman–Crippen MR) is 118 cm³/mol. The van der Waals surface area contributed by atoms with Crippen LogP contribution in [0.4, 0.5) is 5.95 Å². The van der Waals surface area contributed by atoms with Gasteiger partial charge >= 0.3 is 0 Å². The van der Waals surface area contributed by atoms with Crippen molar-refractivity contribution >= 4 is 41.4 Å². The number of amides is 1. The van der Waals surface area contributed by atoms with Gasteiger partial charge in [-0.15, -0.1) is 10.2 Å². The molecule has 0 aliphatic carbocycles. The molecule has 0 aliphatic heterocycles. The highest BCUT2D eigenvalue weighted by Crippen LogP contribution is 2.17. The molecule has 0 bridgehead atoms. The maximum atomic E-state index is 12.1. The van der Waals surface area contributed by atoms with Crippen molar-refractivity contribution in [1.29, 1.82) is 0 Å². The molecule has 156 valence electrons. The van der Waals surface area contributed by atoms with Crippen LogP contribution in [0.25, 0.3) is 0 Å². The monoisotopic (exact) mass is 445 g/mol. The number of aromatic nitrogens is 3. The number of hydrazone groups is 1. The maximum Gasteiger partial charge on any atom is 0.264 e. The molecular formula is C19H20ClN7O2S. The standard InChI is InChI=1S/C19H20ClN7O2S/c1-29-16-7-5-13(6-8-16)10-22-17(28)12-30-19-26-25-18(27(19)21)24-23-11-14-3-2-4-15(20)9-14/h2-9,11H,10,12,21H2,1H3,(H,22,28)(H,24,25)/b23-11+. The number of hydrogen-bond acceptors (Lipinski definition) is 8. The van der Waals surface area contributed by atoms with Crippen LogP contribution in [0.5, 0.6) is 5.75 Å². The molecule has 0 atom stereocenters. The number of rotatable bonds is 9. The molecule has 0 radical (unpaired) electrons. The van der Waals surface area contributed by atoms with Gasteiger partial charge in [-0.25, -0.2) is 10.1 Å². The second kappa shape index (κ2) is 10.5. The number of nitrogens with zero attached hydrogens (tertiary/aromatic N) is 4. The molecule has 0 spiro atoms. The van der Waals surface area contributed by atoms with Gasteiger partial charge < -0.3 is 15.9 Å². The van der Waals surface area contributed by atoms with Crippen LogP contribution in [-0.2, 0) is 11.3 Å². The van der Waals surface area contributed by atoms with E-state index in [0.29, 0.717) is 16.7 Å². The topological polar surface area (TPSA) is 119 Å². The van der Waals surface area contributed by atoms with Crippen LogP contribution < -0.4 is 21.3 Å². The minimum absolute atomic E-state index is 0.146. The van der Waals surface area contributed by atoms with Crippen molar-refractivity contribution in [3.63, 3.8) is 0 Å². The summed E-state index contributed by atoms with van der Waals surface area (Å²) in [7, 11) is 1.61. The van der Waals surface area contributed by atoms with Gasteiger partial charge in [-0.3, -0.25) is 4.79 Å². The van der Waals surface area contributed by atoms with Crippen LogP contribution in [0.2, 0.25) is 5.02 Å². The number of anilines is 1. The first-order valence-electron chi connectivity index (χ1n) is 8.82. The molecule has 9 nitrogen and oxygen atoms in total. The smallest absolute Gasteiger partial charge is 0.264 e. The van der Waals surface area contributed by atoms with Gasteiger partial charge in [0.15, 0.2) is 0 Å². The van der Waals surface area contributed by atoms with Gasteiger partial charge in [0.2, 0.25) is 11.1 Å². The summed E-state index contributed by atoms with van der Waals surface area (Å²) in [5.41, 5.74) is 4.50. The van der Waals surface area contributed by atoms with E-state index in [1.54, 1.807) is 25.5 Å². The van der Waals surface area contributed by atoms with Crippen LogP contribution >= 0.6 is 23.4 Å². The Balaban J connectivity index is 1.46. The average Bonchev–Trinajstić information content (AvgIpc) is 3.10. The molecule has 11 heteroatoms. The van der Waals surface area contributed by atoms with Crippen LogP contribution in [0.15, 0.2) is 58.8 Å². The van der Waals surface area contributed by atoms with Crippen LogP contribution in [-0.4, -0.2) is 39.9 Å². The SMILES string of the molecule is COc1ccc(CNC(=O)CSc2nnc(N/N=C/c3cccc(Cl)c3)n2N)cc1. The molecular weight excluding hydrogens is 426 g/mol. The highest BCUT2D eigenvalue weighted by molar-refractivity contribution is 7.99. The summed E-state index contributed by atoms with van der Waals surface area (Å²) in [6.07, 6.45) is 1.58. The third-order valence-electron chi connectivity index (χ3n) is 3.87. The van der Waals surface area contributed by atoms with Crippen molar-refractivity contribution in [2.45, 2.75) is 11.7 Å². The third kappa shape index (κ3) is 6.13. The van der Waals surface area contributed by atoms with E-state index in [1.165, 1.54) is 16.4 Å². The van der Waals surface area contributed by atoms with Gasteiger partial charge in [0.05, 0.1) is 19.1 Å². The number of carbonyl (C=O) groups is 1. The highest BCUT2D eigenvalue weighted by atomic mass is 35.5. The number of carbonyl (C=O) groups excluding carboxylic acids is 1. The van der Waals surface area contributed by atoms with E-state index < -0.39 is 0 Å². The first kappa shape index (κ1) is 21.5. The highest BCUT2D eigenvalue weighted by Gasteiger charge is 2.12. The fourth-order valence-electron chi connectivity index (χ4n) is 2.33. The van der Waals surface area contributed by atoms with Gasteiger partial charge in [-0.05, 0) is 35.4 Å². The zero-order chi connectivity index (χ0) is 21.3. The van der Waals surface area contributed by atoms with Crippen LogP contribution in [0.1, 0.15) is 11.1 Å². The van der Waals surface area contributed by atoms with E-state index >= 15 is 0 Å². The molecule has 0 aliphatic rings. The quantitative estimate of drug-likeness (QED) is 0.200. The average molecular weight is 446 g/mol. The summed E-state index contributed by atoms with van der Waals surface area (Å²) in [6.45, 7) is 0.420. The summed E-state index contributed by atoms with van der Waals surface area (Å²) >= 11 is 7.10. The molecule has 2 aromatic carbocycles. The molecule has 3 aromatic rings. The Labute approximate surface area is 182 Å². The molecule has 3 rings (SSSR count). The molecule has 1 amide bonds. The summed E-state index contributed by atoms with van der Waals surface area (Å²) in [5, 5.41) is 15.8. The van der Waals surface area contributed by atoms with Gasteiger partial charge in [0, 0.05) is 11.6 Å². The molecule has 0 saturated heterocycles. The van der Waals surface area contributed by atoms with E-state index in [-0.39, 0.29) is 17.6 Å². The number of nitrogens with one attached hydrogen (secondary N) is 2. The molecule has 0 fully saturated rings. The summed E-state index contributed by atoms with van der Waals surface area (Å²) in [4.78, 5) is 12.1. The normalized spacial score (nSPS) is 10.9. The number of methoxy groups -OCH3 is 1. The van der Waals surface area contributed by atoms with Crippen molar-refractivity contribution in [2.75, 3.05) is 24.1 Å². The molecule has 1 aromatic heterocycles. The second-order valence-corrected chi connectivity index (χ2v) is 7.39. The predicted octanol–water partition coefficient (Wildman–Crippen LogP) is 2.51. The Kier molecular flexibility index (Phi) is 7.52. The van der Waals surface area contributed by atoms with E-state index in [0.717, 1.165) is 16.9 Å². The Morgan fingerprint density at radius 1 is 1.30 bits per heavy atom. The van der Waals surface area contributed by atoms with Crippen molar-refractivity contribution in [3.8, 4) is 5.75 Å². The lowest BCUT2D eigenvalue weighted by Gasteiger charge is -2.06. The Bertz CT molecular complexity index is 1020. The summed E-state index contributed by atoms with van der Waals surface area (Å²) in [5.74, 6) is 6.97. The van der Waals surface area contributed by atoms with Gasteiger partial charge in [0.1, 0.15) is 5.75 Å². The summed E-state index contributed by atoms with van der Waals surface area (Å²) < 4.78 is 6.34. The third-order valence-corrected chi connectivity index (χ3v) is 5.05. The first-order valence-corrected chi connectivity index (χ1v) is 10.2. The Hall–Kier alpha value is -3.24. The van der Waals surface area contributed by atoms with E-state index in [2.05, 4.69) is 26.0 Å². The fraction of sp³-hybridized carbons (Fsp3) is 0.158.